The van der Waals surface area contributed by atoms with E-state index in [1.165, 1.54) is 5.56 Å². The Labute approximate surface area is 147 Å². The lowest BCUT2D eigenvalue weighted by Crippen LogP contribution is -2.49. The Morgan fingerprint density at radius 2 is 1.79 bits per heavy atom. The third-order valence-corrected chi connectivity index (χ3v) is 4.67. The molecule has 1 saturated heterocycles. The van der Waals surface area contributed by atoms with E-state index >= 15 is 0 Å². The van der Waals surface area contributed by atoms with Gasteiger partial charge in [-0.05, 0) is 33.4 Å². The van der Waals surface area contributed by atoms with Gasteiger partial charge in [-0.25, -0.2) is 0 Å². The predicted molar refractivity (Wildman–Crippen MR) is 103 cm³/mol. The number of rotatable bonds is 6. The zero-order valence-corrected chi connectivity index (χ0v) is 15.6. The molecular weight excluding hydrogens is 298 g/mol. The van der Waals surface area contributed by atoms with Crippen molar-refractivity contribution in [3.8, 4) is 0 Å². The Kier molecular flexibility index (Phi) is 7.53. The quantitative estimate of drug-likeness (QED) is 0.618. The van der Waals surface area contributed by atoms with Gasteiger partial charge in [0.15, 0.2) is 5.96 Å². The molecule has 1 aromatic carbocycles. The van der Waals surface area contributed by atoms with Gasteiger partial charge in [-0.3, -0.25) is 9.89 Å². The summed E-state index contributed by atoms with van der Waals surface area (Å²) in [7, 11) is 2.19. The van der Waals surface area contributed by atoms with Crippen molar-refractivity contribution in [3.05, 3.63) is 35.9 Å². The van der Waals surface area contributed by atoms with Crippen LogP contribution in [0.1, 0.15) is 32.4 Å². The van der Waals surface area contributed by atoms with E-state index in [2.05, 4.69) is 72.5 Å². The van der Waals surface area contributed by atoms with Crippen molar-refractivity contribution in [2.24, 2.45) is 4.99 Å². The molecule has 0 aliphatic carbocycles. The van der Waals surface area contributed by atoms with Gasteiger partial charge in [0.1, 0.15) is 0 Å². The zero-order chi connectivity index (χ0) is 17.4. The Balaban J connectivity index is 1.90. The number of nitrogens with one attached hydrogen (secondary N) is 2. The highest BCUT2D eigenvalue weighted by Crippen LogP contribution is 2.11. The third kappa shape index (κ3) is 5.80. The summed E-state index contributed by atoms with van der Waals surface area (Å²) < 4.78 is 0. The molecule has 0 saturated carbocycles. The fourth-order valence-corrected chi connectivity index (χ4v) is 2.95. The van der Waals surface area contributed by atoms with E-state index < -0.39 is 0 Å². The van der Waals surface area contributed by atoms with Gasteiger partial charge in [0.2, 0.25) is 0 Å². The van der Waals surface area contributed by atoms with Crippen LogP contribution in [0.4, 0.5) is 0 Å². The molecule has 24 heavy (non-hydrogen) atoms. The normalized spacial score (nSPS) is 19.8. The van der Waals surface area contributed by atoms with Crippen molar-refractivity contribution in [2.75, 3.05) is 46.3 Å². The van der Waals surface area contributed by atoms with Crippen molar-refractivity contribution in [2.45, 2.75) is 32.9 Å². The second kappa shape index (κ2) is 9.64. The summed E-state index contributed by atoms with van der Waals surface area (Å²) in [4.78, 5) is 9.74. The fourth-order valence-electron chi connectivity index (χ4n) is 2.95. The van der Waals surface area contributed by atoms with E-state index in [-0.39, 0.29) is 6.04 Å². The highest BCUT2D eigenvalue weighted by molar-refractivity contribution is 5.80. The van der Waals surface area contributed by atoms with Crippen molar-refractivity contribution >= 4 is 5.96 Å². The largest absolute Gasteiger partial charge is 0.357 e. The Morgan fingerprint density at radius 3 is 2.42 bits per heavy atom. The van der Waals surface area contributed by atoms with Crippen molar-refractivity contribution in [1.82, 2.24) is 20.4 Å². The van der Waals surface area contributed by atoms with Gasteiger partial charge in [-0.2, -0.15) is 0 Å². The van der Waals surface area contributed by atoms with E-state index in [9.17, 15) is 0 Å². The minimum atomic E-state index is 0.239. The standard InChI is InChI=1S/C19H33N5/c1-5-20-19(22-17(3)18-9-7-6-8-10-18)21-15-16(2)24-13-11-23(4)12-14-24/h6-10,16-17H,5,11-15H2,1-4H3,(H2,20,21,22). The van der Waals surface area contributed by atoms with Crippen molar-refractivity contribution in [3.63, 3.8) is 0 Å². The summed E-state index contributed by atoms with van der Waals surface area (Å²) in [6.07, 6.45) is 0. The summed E-state index contributed by atoms with van der Waals surface area (Å²) in [6.45, 7) is 12.8. The molecule has 2 N–H and O–H groups in total. The lowest BCUT2D eigenvalue weighted by molar-refractivity contribution is 0.122. The van der Waals surface area contributed by atoms with Crippen LogP contribution in [0.15, 0.2) is 35.3 Å². The topological polar surface area (TPSA) is 42.9 Å². The summed E-state index contributed by atoms with van der Waals surface area (Å²) in [5.74, 6) is 0.898. The Bertz CT molecular complexity index is 494. The number of hydrogen-bond acceptors (Lipinski definition) is 3. The smallest absolute Gasteiger partial charge is 0.191 e. The SMILES string of the molecule is CCNC(=NCC(C)N1CCN(C)CC1)NC(C)c1ccccc1. The molecule has 134 valence electrons. The average Bonchev–Trinajstić information content (AvgIpc) is 2.61. The second-order valence-corrected chi connectivity index (χ2v) is 6.68. The molecular formula is C19H33N5. The average molecular weight is 332 g/mol. The number of hydrogen-bond donors (Lipinski definition) is 2. The monoisotopic (exact) mass is 331 g/mol. The second-order valence-electron chi connectivity index (χ2n) is 6.68. The summed E-state index contributed by atoms with van der Waals surface area (Å²) in [5.41, 5.74) is 1.27. The molecule has 5 heteroatoms. The van der Waals surface area contributed by atoms with Crippen LogP contribution in [-0.2, 0) is 0 Å². The maximum Gasteiger partial charge on any atom is 0.191 e. The molecule has 0 spiro atoms. The van der Waals surface area contributed by atoms with Crippen LogP contribution in [0.2, 0.25) is 0 Å². The number of benzene rings is 1. The van der Waals surface area contributed by atoms with Crippen LogP contribution in [0.5, 0.6) is 0 Å². The highest BCUT2D eigenvalue weighted by Gasteiger charge is 2.19. The summed E-state index contributed by atoms with van der Waals surface area (Å²) >= 11 is 0. The van der Waals surface area contributed by atoms with Crippen LogP contribution in [0.25, 0.3) is 0 Å². The maximum absolute atomic E-state index is 4.81. The predicted octanol–water partition coefficient (Wildman–Crippen LogP) is 1.94. The number of nitrogens with zero attached hydrogens (tertiary/aromatic N) is 3. The van der Waals surface area contributed by atoms with E-state index in [4.69, 9.17) is 4.99 Å². The van der Waals surface area contributed by atoms with Crippen LogP contribution in [-0.4, -0.2) is 68.1 Å². The van der Waals surface area contributed by atoms with E-state index in [0.29, 0.717) is 6.04 Å². The fraction of sp³-hybridized carbons (Fsp3) is 0.632. The zero-order valence-electron chi connectivity index (χ0n) is 15.6. The van der Waals surface area contributed by atoms with Gasteiger partial charge < -0.3 is 15.5 Å². The molecule has 2 atom stereocenters. The minimum Gasteiger partial charge on any atom is -0.357 e. The molecule has 0 radical (unpaired) electrons. The van der Waals surface area contributed by atoms with Crippen LogP contribution >= 0.6 is 0 Å². The van der Waals surface area contributed by atoms with Gasteiger partial charge in [0, 0.05) is 38.8 Å². The number of piperazine rings is 1. The van der Waals surface area contributed by atoms with Gasteiger partial charge in [0.25, 0.3) is 0 Å². The van der Waals surface area contributed by atoms with Crippen molar-refractivity contribution < 1.29 is 0 Å². The Morgan fingerprint density at radius 1 is 1.12 bits per heavy atom. The summed E-state index contributed by atoms with van der Waals surface area (Å²) in [6, 6.07) is 11.2. The van der Waals surface area contributed by atoms with Gasteiger partial charge in [0.05, 0.1) is 12.6 Å². The van der Waals surface area contributed by atoms with Gasteiger partial charge in [-0.15, -0.1) is 0 Å². The van der Waals surface area contributed by atoms with E-state index in [0.717, 1.165) is 45.2 Å². The minimum absolute atomic E-state index is 0.239. The molecule has 0 aromatic heterocycles. The van der Waals surface area contributed by atoms with Gasteiger partial charge >= 0.3 is 0 Å². The Hall–Kier alpha value is -1.59. The molecule has 1 aromatic rings. The van der Waals surface area contributed by atoms with Gasteiger partial charge in [-0.1, -0.05) is 30.3 Å². The first-order chi connectivity index (χ1) is 11.6. The molecule has 5 nitrogen and oxygen atoms in total. The van der Waals surface area contributed by atoms with Crippen LogP contribution in [0.3, 0.4) is 0 Å². The number of likely N-dealkylation sites (N-methyl/N-ethyl adjacent to an activating group) is 1. The van der Waals surface area contributed by atoms with E-state index in [1.807, 2.05) is 6.07 Å². The first kappa shape index (κ1) is 18.7. The first-order valence-corrected chi connectivity index (χ1v) is 9.12. The molecule has 2 rings (SSSR count). The van der Waals surface area contributed by atoms with Crippen LogP contribution in [0, 0.1) is 0 Å². The number of guanidine groups is 1. The summed E-state index contributed by atoms with van der Waals surface area (Å²) in [5, 5.41) is 6.87. The molecule has 0 amide bonds. The van der Waals surface area contributed by atoms with Crippen molar-refractivity contribution in [1.29, 1.82) is 0 Å². The lowest BCUT2D eigenvalue weighted by Gasteiger charge is -2.36. The molecule has 1 aliphatic heterocycles. The van der Waals surface area contributed by atoms with Crippen LogP contribution < -0.4 is 10.6 Å². The molecule has 1 aliphatic rings. The lowest BCUT2D eigenvalue weighted by atomic mass is 10.1. The maximum atomic E-state index is 4.81. The highest BCUT2D eigenvalue weighted by atomic mass is 15.3. The van der Waals surface area contributed by atoms with E-state index in [1.54, 1.807) is 0 Å². The molecule has 2 unspecified atom stereocenters. The third-order valence-electron chi connectivity index (χ3n) is 4.67. The molecule has 1 fully saturated rings. The first-order valence-electron chi connectivity index (χ1n) is 9.12. The number of aliphatic imine (C=N–C) groups is 1. The molecule has 0 bridgehead atoms. The molecule has 1 heterocycles.